The first-order valence-corrected chi connectivity index (χ1v) is 21.6. The van der Waals surface area contributed by atoms with Gasteiger partial charge in [0.15, 0.2) is 0 Å². The molecule has 4 atom stereocenters. The third kappa shape index (κ3) is 32.7. The molecule has 0 aliphatic carbocycles. The van der Waals surface area contributed by atoms with Gasteiger partial charge in [-0.25, -0.2) is 0 Å². The van der Waals surface area contributed by atoms with E-state index in [4.69, 9.17) is 0 Å². The topological polar surface area (TPSA) is 110 Å². The third-order valence-electron chi connectivity index (χ3n) is 10.2. The van der Waals surface area contributed by atoms with Gasteiger partial charge in [-0.2, -0.15) is 0 Å². The van der Waals surface area contributed by atoms with Crippen LogP contribution < -0.4 is 5.32 Å². The Bertz CT molecular complexity index is 702. The fourth-order valence-electron chi connectivity index (χ4n) is 6.75. The standard InChI is InChI=1S/C43H85NO5/c1-3-5-7-9-11-13-15-17-19-20-21-23-25-27-29-31-33-35-37-41(47)43(49)44-39(38-45)42(48)40(46)36-34-32-30-28-26-24-22-18-16-14-12-10-8-6-4-2/h18,22,39-42,45-48H,3-17,19-21,23-38H2,1-2H3,(H,44,49)/b22-18+/t39-,40-,41-,42+/m1/s1. The molecule has 1 amide bonds. The molecule has 0 saturated heterocycles. The lowest BCUT2D eigenvalue weighted by atomic mass is 9.99. The van der Waals surface area contributed by atoms with Gasteiger partial charge in [0.2, 0.25) is 5.91 Å². The molecule has 0 aliphatic rings. The van der Waals surface area contributed by atoms with Crippen LogP contribution in [-0.2, 0) is 4.79 Å². The molecular formula is C43H85NO5. The van der Waals surface area contributed by atoms with Gasteiger partial charge in [-0.3, -0.25) is 4.79 Å². The molecular weight excluding hydrogens is 610 g/mol. The summed E-state index contributed by atoms with van der Waals surface area (Å²) in [5.41, 5.74) is 0. The van der Waals surface area contributed by atoms with Crippen molar-refractivity contribution in [3.05, 3.63) is 12.2 Å². The van der Waals surface area contributed by atoms with Crippen molar-refractivity contribution in [1.82, 2.24) is 5.32 Å². The predicted octanol–water partition coefficient (Wildman–Crippen LogP) is 11.0. The zero-order chi connectivity index (χ0) is 36.0. The second kappa shape index (κ2) is 38.3. The molecule has 0 fully saturated rings. The van der Waals surface area contributed by atoms with Crippen LogP contribution in [0.1, 0.15) is 226 Å². The monoisotopic (exact) mass is 696 g/mol. The predicted molar refractivity (Wildman–Crippen MR) is 210 cm³/mol. The summed E-state index contributed by atoms with van der Waals surface area (Å²) in [5.74, 6) is -0.585. The van der Waals surface area contributed by atoms with Crippen molar-refractivity contribution in [2.45, 2.75) is 250 Å². The van der Waals surface area contributed by atoms with Crippen molar-refractivity contribution in [1.29, 1.82) is 0 Å². The maximum Gasteiger partial charge on any atom is 0.249 e. The fourth-order valence-corrected chi connectivity index (χ4v) is 6.75. The van der Waals surface area contributed by atoms with Gasteiger partial charge in [-0.1, -0.05) is 199 Å². The number of aliphatic hydroxyl groups excluding tert-OH is 4. The maximum atomic E-state index is 12.5. The van der Waals surface area contributed by atoms with Crippen LogP contribution in [0.4, 0.5) is 0 Å². The molecule has 5 N–H and O–H groups in total. The highest BCUT2D eigenvalue weighted by Crippen LogP contribution is 2.16. The van der Waals surface area contributed by atoms with Crippen molar-refractivity contribution in [3.63, 3.8) is 0 Å². The van der Waals surface area contributed by atoms with Gasteiger partial charge < -0.3 is 25.7 Å². The average Bonchev–Trinajstić information content (AvgIpc) is 3.11. The van der Waals surface area contributed by atoms with E-state index >= 15 is 0 Å². The quantitative estimate of drug-likeness (QED) is 0.0325. The Morgan fingerprint density at radius 2 is 0.816 bits per heavy atom. The second-order valence-corrected chi connectivity index (χ2v) is 15.0. The average molecular weight is 696 g/mol. The fraction of sp³-hybridized carbons (Fsp3) is 0.930. The summed E-state index contributed by atoms with van der Waals surface area (Å²) in [6, 6.07) is -0.986. The van der Waals surface area contributed by atoms with Crippen LogP contribution in [0, 0.1) is 0 Å². The largest absolute Gasteiger partial charge is 0.394 e. The molecule has 292 valence electrons. The summed E-state index contributed by atoms with van der Waals surface area (Å²) >= 11 is 0. The summed E-state index contributed by atoms with van der Waals surface area (Å²) < 4.78 is 0. The Kier molecular flexibility index (Phi) is 37.5. The van der Waals surface area contributed by atoms with Crippen molar-refractivity contribution in [3.8, 4) is 0 Å². The van der Waals surface area contributed by atoms with Gasteiger partial charge in [0.1, 0.15) is 12.2 Å². The third-order valence-corrected chi connectivity index (χ3v) is 10.2. The van der Waals surface area contributed by atoms with Gasteiger partial charge in [0.25, 0.3) is 0 Å². The molecule has 0 aromatic heterocycles. The minimum absolute atomic E-state index is 0.371. The molecule has 0 spiro atoms. The van der Waals surface area contributed by atoms with E-state index in [0.29, 0.717) is 12.8 Å². The smallest absolute Gasteiger partial charge is 0.249 e. The van der Waals surface area contributed by atoms with Crippen LogP contribution in [-0.4, -0.2) is 57.3 Å². The van der Waals surface area contributed by atoms with Gasteiger partial charge in [-0.15, -0.1) is 0 Å². The molecule has 0 heterocycles. The molecule has 0 rings (SSSR count). The van der Waals surface area contributed by atoms with E-state index in [0.717, 1.165) is 51.4 Å². The minimum Gasteiger partial charge on any atom is -0.394 e. The van der Waals surface area contributed by atoms with Crippen LogP contribution in [0.2, 0.25) is 0 Å². The Morgan fingerprint density at radius 3 is 1.18 bits per heavy atom. The zero-order valence-electron chi connectivity index (χ0n) is 32.7. The number of carbonyl (C=O) groups is 1. The lowest BCUT2D eigenvalue weighted by Gasteiger charge is -2.27. The molecule has 49 heavy (non-hydrogen) atoms. The number of nitrogens with one attached hydrogen (secondary N) is 1. The number of carbonyl (C=O) groups excluding carboxylic acids is 1. The first-order chi connectivity index (χ1) is 24.0. The summed E-state index contributed by atoms with van der Waals surface area (Å²) in [6.45, 7) is 4.04. The number of unbranched alkanes of at least 4 members (excludes halogenated alkanes) is 28. The number of rotatable bonds is 39. The summed E-state index contributed by atoms with van der Waals surface area (Å²) in [4.78, 5) is 12.5. The maximum absolute atomic E-state index is 12.5. The van der Waals surface area contributed by atoms with Gasteiger partial charge in [-0.05, 0) is 38.5 Å². The van der Waals surface area contributed by atoms with E-state index in [1.807, 2.05) is 0 Å². The van der Waals surface area contributed by atoms with Crippen LogP contribution >= 0.6 is 0 Å². The first kappa shape index (κ1) is 48.0. The highest BCUT2D eigenvalue weighted by Gasteiger charge is 2.28. The lowest BCUT2D eigenvalue weighted by Crippen LogP contribution is -2.53. The lowest BCUT2D eigenvalue weighted by molar-refractivity contribution is -0.132. The number of allylic oxidation sites excluding steroid dienone is 2. The van der Waals surface area contributed by atoms with E-state index in [1.165, 1.54) is 148 Å². The molecule has 0 aromatic carbocycles. The number of aliphatic hydroxyl groups is 4. The highest BCUT2D eigenvalue weighted by molar-refractivity contribution is 5.80. The highest BCUT2D eigenvalue weighted by atomic mass is 16.3. The van der Waals surface area contributed by atoms with E-state index in [9.17, 15) is 25.2 Å². The normalized spacial score (nSPS) is 14.3. The summed E-state index contributed by atoms with van der Waals surface area (Å²) in [7, 11) is 0. The SMILES string of the molecule is CCCCCCCC/C=C/CCCCCCC[C@@H](O)[C@@H](O)[C@@H](CO)NC(=O)[C@H](O)CCCCCCCCCCCCCCCCCCCC. The Hall–Kier alpha value is -0.950. The van der Waals surface area contributed by atoms with E-state index in [2.05, 4.69) is 31.3 Å². The van der Waals surface area contributed by atoms with Crippen molar-refractivity contribution >= 4 is 5.91 Å². The number of amides is 1. The van der Waals surface area contributed by atoms with Crippen molar-refractivity contribution < 1.29 is 25.2 Å². The van der Waals surface area contributed by atoms with Crippen molar-refractivity contribution in [2.75, 3.05) is 6.61 Å². The summed E-state index contributed by atoms with van der Waals surface area (Å²) in [6.07, 6.45) is 40.9. The van der Waals surface area contributed by atoms with Crippen LogP contribution in [0.5, 0.6) is 0 Å². The first-order valence-electron chi connectivity index (χ1n) is 21.6. The molecule has 0 bridgehead atoms. The molecule has 0 aliphatic heterocycles. The molecule has 0 unspecified atom stereocenters. The molecule has 6 heteroatoms. The van der Waals surface area contributed by atoms with Crippen LogP contribution in [0.3, 0.4) is 0 Å². The number of hydrogen-bond donors (Lipinski definition) is 5. The van der Waals surface area contributed by atoms with E-state index in [-0.39, 0.29) is 0 Å². The summed E-state index contributed by atoms with van der Waals surface area (Å²) in [5, 5.41) is 43.6. The molecule has 0 radical (unpaired) electrons. The van der Waals surface area contributed by atoms with Gasteiger partial charge in [0, 0.05) is 0 Å². The Morgan fingerprint density at radius 1 is 0.490 bits per heavy atom. The van der Waals surface area contributed by atoms with Crippen LogP contribution in [0.25, 0.3) is 0 Å². The zero-order valence-corrected chi connectivity index (χ0v) is 32.7. The Labute approximate surface area is 304 Å². The molecule has 6 nitrogen and oxygen atoms in total. The van der Waals surface area contributed by atoms with Crippen LogP contribution in [0.15, 0.2) is 12.2 Å². The van der Waals surface area contributed by atoms with Crippen molar-refractivity contribution in [2.24, 2.45) is 0 Å². The van der Waals surface area contributed by atoms with E-state index < -0.39 is 36.9 Å². The number of hydrogen-bond acceptors (Lipinski definition) is 5. The second-order valence-electron chi connectivity index (χ2n) is 15.0. The molecule has 0 aromatic rings. The molecule has 0 saturated carbocycles. The minimum atomic E-state index is -1.26. The van der Waals surface area contributed by atoms with Gasteiger partial charge >= 0.3 is 0 Å². The van der Waals surface area contributed by atoms with Gasteiger partial charge in [0.05, 0.1) is 18.8 Å². The Balaban J connectivity index is 3.74. The van der Waals surface area contributed by atoms with E-state index in [1.54, 1.807) is 0 Å².